The van der Waals surface area contributed by atoms with Crippen molar-refractivity contribution in [3.63, 3.8) is 0 Å². The van der Waals surface area contributed by atoms with Crippen molar-refractivity contribution in [1.82, 2.24) is 4.90 Å². The van der Waals surface area contributed by atoms with Crippen LogP contribution in [-0.2, 0) is 21.5 Å². The fraction of sp³-hybridized carbons (Fsp3) is 0.458. The van der Waals surface area contributed by atoms with Crippen molar-refractivity contribution in [3.05, 3.63) is 53.8 Å². The van der Waals surface area contributed by atoms with Crippen molar-refractivity contribution >= 4 is 16.0 Å². The van der Waals surface area contributed by atoms with Gasteiger partial charge in [0.2, 0.25) is 5.91 Å². The molecule has 0 spiro atoms. The summed E-state index contributed by atoms with van der Waals surface area (Å²) in [6.45, 7) is 10.1. The molecule has 1 amide bonds. The van der Waals surface area contributed by atoms with Crippen LogP contribution in [0, 0.1) is 11.2 Å². The fourth-order valence-corrected chi connectivity index (χ4v) is 4.11. The second-order valence-corrected chi connectivity index (χ2v) is 10.5. The fourth-order valence-electron chi connectivity index (χ4n) is 3.13. The van der Waals surface area contributed by atoms with E-state index in [0.717, 1.165) is 12.5 Å². The molecule has 32 heavy (non-hydrogen) atoms. The first kappa shape index (κ1) is 25.6. The zero-order valence-electron chi connectivity index (χ0n) is 19.5. The van der Waals surface area contributed by atoms with Gasteiger partial charge in [-0.3, -0.25) is 4.79 Å². The molecule has 176 valence electrons. The zero-order valence-corrected chi connectivity index (χ0v) is 20.3. The minimum Gasteiger partial charge on any atom is -0.494 e. The lowest BCUT2D eigenvalue weighted by atomic mass is 9.91. The molecule has 2 aromatic carbocycles. The summed E-state index contributed by atoms with van der Waals surface area (Å²) in [4.78, 5) is 14.4. The first-order valence-corrected chi connectivity index (χ1v) is 11.9. The monoisotopic (exact) mass is 465 g/mol. The maximum absolute atomic E-state index is 14.0. The zero-order chi connectivity index (χ0) is 24.1. The molecule has 0 heterocycles. The summed E-state index contributed by atoms with van der Waals surface area (Å²) in [6.07, 6.45) is 1.12. The Morgan fingerprint density at radius 1 is 1.12 bits per heavy atom. The Hall–Kier alpha value is -2.61. The van der Waals surface area contributed by atoms with Crippen molar-refractivity contribution in [2.24, 2.45) is 5.41 Å². The number of ether oxygens (including phenoxy) is 1. The molecule has 0 saturated carbocycles. The lowest BCUT2D eigenvalue weighted by Crippen LogP contribution is -2.39. The van der Waals surface area contributed by atoms with Crippen LogP contribution in [0.2, 0.25) is 0 Å². The van der Waals surface area contributed by atoms with Crippen LogP contribution in [0.1, 0.15) is 53.0 Å². The number of nitrogens with zero attached hydrogens (tertiary/aromatic N) is 1. The summed E-state index contributed by atoms with van der Waals surface area (Å²) < 4.78 is 49.8. The first-order valence-electron chi connectivity index (χ1n) is 10.5. The van der Waals surface area contributed by atoms with Gasteiger partial charge in [0.1, 0.15) is 10.6 Å². The van der Waals surface area contributed by atoms with Crippen molar-refractivity contribution in [1.29, 1.82) is 0 Å². The number of carbonyl (C=O) groups excluding carboxylic acids is 1. The predicted octanol–water partition coefficient (Wildman–Crippen LogP) is 5.17. The highest BCUT2D eigenvalue weighted by Gasteiger charge is 2.26. The quantitative estimate of drug-likeness (QED) is 0.478. The van der Waals surface area contributed by atoms with E-state index in [1.165, 1.54) is 25.3 Å². The third-order valence-corrected chi connectivity index (χ3v) is 6.28. The minimum absolute atomic E-state index is 0.0123. The molecule has 8 heteroatoms. The molecule has 1 atom stereocenters. The van der Waals surface area contributed by atoms with Gasteiger partial charge in [-0.05, 0) is 43.0 Å². The number of hydrogen-bond acceptors (Lipinski definition) is 5. The van der Waals surface area contributed by atoms with Gasteiger partial charge in [0, 0.05) is 24.6 Å². The third kappa shape index (κ3) is 6.69. The normalized spacial score (nSPS) is 12.8. The third-order valence-electron chi connectivity index (χ3n) is 5.05. The Bertz CT molecular complexity index is 1050. The predicted molar refractivity (Wildman–Crippen MR) is 122 cm³/mol. The van der Waals surface area contributed by atoms with E-state index >= 15 is 0 Å². The smallest absolute Gasteiger partial charge is 0.339 e. The average molecular weight is 466 g/mol. The molecule has 0 aliphatic heterocycles. The number of hydrogen-bond donors (Lipinski definition) is 0. The van der Waals surface area contributed by atoms with E-state index in [9.17, 15) is 17.6 Å². The summed E-state index contributed by atoms with van der Waals surface area (Å²) in [6, 6.07) is 9.92. The van der Waals surface area contributed by atoms with Gasteiger partial charge in [-0.15, -0.1) is 0 Å². The minimum atomic E-state index is -4.29. The molecule has 0 radical (unpaired) electrons. The van der Waals surface area contributed by atoms with E-state index in [0.29, 0.717) is 12.0 Å². The molecule has 6 nitrogen and oxygen atoms in total. The van der Waals surface area contributed by atoms with Crippen LogP contribution in [0.4, 0.5) is 4.39 Å². The number of amides is 1. The second kappa shape index (κ2) is 10.3. The summed E-state index contributed by atoms with van der Waals surface area (Å²) in [7, 11) is -3.00. The maximum Gasteiger partial charge on any atom is 0.339 e. The molecular formula is C24H32FNO5S. The summed E-state index contributed by atoms with van der Waals surface area (Å²) in [5, 5.41) is 0. The van der Waals surface area contributed by atoms with E-state index < -0.39 is 15.9 Å². The van der Waals surface area contributed by atoms with Crippen LogP contribution in [-0.4, -0.2) is 32.4 Å². The summed E-state index contributed by atoms with van der Waals surface area (Å²) in [5.41, 5.74) is 0.369. The molecule has 0 N–H and O–H groups in total. The van der Waals surface area contributed by atoms with Gasteiger partial charge in [-0.1, -0.05) is 45.9 Å². The molecule has 0 aromatic heterocycles. The Morgan fingerprint density at radius 3 is 2.34 bits per heavy atom. The van der Waals surface area contributed by atoms with Crippen LogP contribution >= 0.6 is 0 Å². The molecule has 0 aliphatic carbocycles. The van der Waals surface area contributed by atoms with E-state index in [1.54, 1.807) is 23.1 Å². The second-order valence-electron chi connectivity index (χ2n) is 8.96. The lowest BCUT2D eigenvalue weighted by molar-refractivity contribution is -0.135. The van der Waals surface area contributed by atoms with E-state index in [2.05, 4.69) is 0 Å². The van der Waals surface area contributed by atoms with Gasteiger partial charge in [-0.2, -0.15) is 8.42 Å². The molecule has 0 bridgehead atoms. The van der Waals surface area contributed by atoms with Crippen molar-refractivity contribution in [3.8, 4) is 11.5 Å². The van der Waals surface area contributed by atoms with Gasteiger partial charge >= 0.3 is 10.1 Å². The van der Waals surface area contributed by atoms with Crippen LogP contribution in [0.5, 0.6) is 11.5 Å². The first-order chi connectivity index (χ1) is 14.9. The maximum atomic E-state index is 14.0. The number of benzene rings is 2. The Kier molecular flexibility index (Phi) is 8.29. The van der Waals surface area contributed by atoms with Crippen LogP contribution < -0.4 is 8.92 Å². The number of halogens is 1. The summed E-state index contributed by atoms with van der Waals surface area (Å²) >= 11 is 0. The Balaban J connectivity index is 2.35. The topological polar surface area (TPSA) is 72.9 Å². The molecule has 0 saturated heterocycles. The van der Waals surface area contributed by atoms with E-state index in [4.69, 9.17) is 8.92 Å². The SMILES string of the molecule is CCC(C)N(Cc1ccccc1OS(=O)(=O)c1ccc(OC)c(F)c1)C(=O)CC(C)(C)C. The van der Waals surface area contributed by atoms with Gasteiger partial charge in [0.25, 0.3) is 0 Å². The summed E-state index contributed by atoms with van der Waals surface area (Å²) in [5.74, 6) is -0.783. The van der Waals surface area contributed by atoms with Gasteiger partial charge < -0.3 is 13.8 Å². The standard InChI is InChI=1S/C24H32FNO5S/c1-7-17(2)26(23(27)15-24(3,4)5)16-18-10-8-9-11-21(18)31-32(28,29)19-12-13-22(30-6)20(25)14-19/h8-14,17H,7,15-16H2,1-6H3. The van der Waals surface area contributed by atoms with Crippen LogP contribution in [0.3, 0.4) is 0 Å². The largest absolute Gasteiger partial charge is 0.494 e. The molecule has 2 rings (SSSR count). The van der Waals surface area contributed by atoms with Crippen LogP contribution in [0.25, 0.3) is 0 Å². The van der Waals surface area contributed by atoms with Crippen molar-refractivity contribution in [2.75, 3.05) is 7.11 Å². The van der Waals surface area contributed by atoms with Gasteiger partial charge in [0.15, 0.2) is 11.6 Å². The van der Waals surface area contributed by atoms with Crippen molar-refractivity contribution < 1.29 is 26.5 Å². The van der Waals surface area contributed by atoms with Crippen molar-refractivity contribution in [2.45, 2.75) is 64.9 Å². The highest BCUT2D eigenvalue weighted by Crippen LogP contribution is 2.28. The molecule has 1 unspecified atom stereocenters. The number of rotatable bonds is 9. The number of carbonyl (C=O) groups is 1. The highest BCUT2D eigenvalue weighted by atomic mass is 32.2. The number of para-hydroxylation sites is 1. The molecular weight excluding hydrogens is 433 g/mol. The van der Waals surface area contributed by atoms with Gasteiger partial charge in [0.05, 0.1) is 7.11 Å². The molecule has 0 aliphatic rings. The van der Waals surface area contributed by atoms with Gasteiger partial charge in [-0.25, -0.2) is 4.39 Å². The van der Waals surface area contributed by atoms with E-state index in [-0.39, 0.29) is 40.3 Å². The molecule has 2 aromatic rings. The van der Waals surface area contributed by atoms with E-state index in [1.807, 2.05) is 34.6 Å². The molecule has 0 fully saturated rings. The average Bonchev–Trinajstić information content (AvgIpc) is 2.70. The highest BCUT2D eigenvalue weighted by molar-refractivity contribution is 7.87. The Labute approximate surface area is 190 Å². The lowest BCUT2D eigenvalue weighted by Gasteiger charge is -2.32. The number of methoxy groups -OCH3 is 1. The van der Waals surface area contributed by atoms with Crippen LogP contribution in [0.15, 0.2) is 47.4 Å². The Morgan fingerprint density at radius 2 is 1.78 bits per heavy atom.